The Hall–Kier alpha value is -4.88. The molecule has 1 nitrogen and oxygen atoms in total. The van der Waals surface area contributed by atoms with Crippen LogP contribution in [0, 0.1) is 0 Å². The molecule has 0 radical (unpaired) electrons. The lowest BCUT2D eigenvalue weighted by molar-refractivity contribution is 0.669. The number of para-hydroxylation sites is 1. The molecule has 0 saturated heterocycles. The monoisotopic (exact) mass is 477 g/mol. The van der Waals surface area contributed by atoms with Gasteiger partial charge in [-0.25, -0.2) is 0 Å². The summed E-state index contributed by atoms with van der Waals surface area (Å²) >= 11 is 0. The molecule has 0 unspecified atom stereocenters. The van der Waals surface area contributed by atoms with Crippen molar-refractivity contribution in [2.24, 2.45) is 0 Å². The van der Waals surface area contributed by atoms with Gasteiger partial charge >= 0.3 is 0 Å². The summed E-state index contributed by atoms with van der Waals surface area (Å²) in [5.74, 6) is 0. The van der Waals surface area contributed by atoms with Crippen LogP contribution in [-0.2, 0) is 0 Å². The second-order valence-electron chi connectivity index (χ2n) is 9.16. The first-order valence-electron chi connectivity index (χ1n) is 15.6. The average Bonchev–Trinajstić information content (AvgIpc) is 3.46. The van der Waals surface area contributed by atoms with E-state index in [1.54, 1.807) is 0 Å². The fourth-order valence-corrected chi connectivity index (χ4v) is 5.48. The van der Waals surface area contributed by atoms with Gasteiger partial charge in [0.2, 0.25) is 0 Å². The Morgan fingerprint density at radius 1 is 0.459 bits per heavy atom. The third kappa shape index (κ3) is 3.04. The minimum absolute atomic E-state index is 0.0483. The van der Waals surface area contributed by atoms with Crippen LogP contribution >= 0.6 is 0 Å². The molecule has 1 heterocycles. The van der Waals surface area contributed by atoms with E-state index >= 15 is 0 Å². The molecule has 1 heteroatoms. The lowest BCUT2D eigenvalue weighted by Gasteiger charge is -2.18. The van der Waals surface area contributed by atoms with Crippen LogP contribution in [-0.4, -0.2) is 0 Å². The fourth-order valence-electron chi connectivity index (χ4n) is 5.48. The summed E-state index contributed by atoms with van der Waals surface area (Å²) < 4.78 is 66.7. The third-order valence-electron chi connectivity index (χ3n) is 7.10. The van der Waals surface area contributed by atoms with Crippen LogP contribution in [0.3, 0.4) is 0 Å². The number of fused-ring (bicyclic) bond motifs is 6. The molecule has 0 amide bonds. The summed E-state index contributed by atoms with van der Waals surface area (Å²) in [7, 11) is 0. The van der Waals surface area contributed by atoms with Crippen LogP contribution in [0.5, 0.6) is 0 Å². The molecule has 0 spiro atoms. The van der Waals surface area contributed by atoms with Crippen LogP contribution in [0.4, 0.5) is 0 Å². The molecular weight excluding hydrogens is 448 g/mol. The molecule has 172 valence electrons. The SMILES string of the molecule is [2H]c1c([2H])c([2H])c2c(oc3c([2H])c([2H])c(-c4c5ccccc5c(-c5ccc6ccccc6c5)c5ccccc45)c([2H])c32)c1[2H]. The van der Waals surface area contributed by atoms with Crippen LogP contribution in [0.15, 0.2) is 138 Å². The van der Waals surface area contributed by atoms with E-state index in [1.165, 1.54) is 0 Å². The topological polar surface area (TPSA) is 13.1 Å². The largest absolute Gasteiger partial charge is 0.456 e. The lowest BCUT2D eigenvalue weighted by atomic mass is 9.85. The van der Waals surface area contributed by atoms with E-state index in [-0.39, 0.29) is 57.7 Å². The normalized spacial score (nSPS) is 14.4. The number of hydrogen-bond donors (Lipinski definition) is 0. The Kier molecular flexibility index (Phi) is 3.09. The Balaban J connectivity index is 1.55. The van der Waals surface area contributed by atoms with Crippen molar-refractivity contribution in [3.05, 3.63) is 133 Å². The molecule has 0 aliphatic rings. The second-order valence-corrected chi connectivity index (χ2v) is 9.16. The fraction of sp³-hybridized carbons (Fsp3) is 0. The first-order valence-corrected chi connectivity index (χ1v) is 12.1. The quantitative estimate of drug-likeness (QED) is 0.226. The highest BCUT2D eigenvalue weighted by molar-refractivity contribution is 6.22. The van der Waals surface area contributed by atoms with Gasteiger partial charge in [-0.2, -0.15) is 0 Å². The first-order chi connectivity index (χ1) is 21.3. The van der Waals surface area contributed by atoms with Gasteiger partial charge in [-0.05, 0) is 78.8 Å². The molecule has 0 aliphatic heterocycles. The van der Waals surface area contributed by atoms with Gasteiger partial charge in [0.25, 0.3) is 0 Å². The zero-order chi connectivity index (χ0) is 30.4. The Labute approximate surface area is 224 Å². The van der Waals surface area contributed by atoms with Gasteiger partial charge in [-0.3, -0.25) is 0 Å². The summed E-state index contributed by atoms with van der Waals surface area (Å²) in [6.07, 6.45) is 0. The number of rotatable bonds is 2. The highest BCUT2D eigenvalue weighted by Crippen LogP contribution is 2.45. The van der Waals surface area contributed by atoms with Gasteiger partial charge in [0.15, 0.2) is 0 Å². The minimum Gasteiger partial charge on any atom is -0.456 e. The third-order valence-corrected chi connectivity index (χ3v) is 7.10. The zero-order valence-electron chi connectivity index (χ0n) is 26.6. The second kappa shape index (κ2) is 7.81. The molecule has 0 fully saturated rings. The van der Waals surface area contributed by atoms with Crippen molar-refractivity contribution < 1.29 is 14.0 Å². The highest BCUT2D eigenvalue weighted by Gasteiger charge is 2.17. The van der Waals surface area contributed by atoms with Gasteiger partial charge in [-0.15, -0.1) is 0 Å². The molecule has 0 N–H and O–H groups in total. The Morgan fingerprint density at radius 3 is 1.78 bits per heavy atom. The van der Waals surface area contributed by atoms with Gasteiger partial charge in [0, 0.05) is 10.8 Å². The predicted octanol–water partition coefficient (Wildman–Crippen LogP) is 10.4. The summed E-state index contributed by atoms with van der Waals surface area (Å²) in [4.78, 5) is 0. The molecular formula is C36H22O. The van der Waals surface area contributed by atoms with Crippen LogP contribution in [0.25, 0.3) is 76.5 Å². The van der Waals surface area contributed by atoms with Crippen LogP contribution in [0.1, 0.15) is 9.60 Å². The van der Waals surface area contributed by atoms with Crippen molar-refractivity contribution >= 4 is 54.3 Å². The summed E-state index contributed by atoms with van der Waals surface area (Å²) in [6.45, 7) is 0. The first kappa shape index (κ1) is 14.6. The van der Waals surface area contributed by atoms with E-state index in [0.717, 1.165) is 43.4 Å². The van der Waals surface area contributed by atoms with Crippen molar-refractivity contribution in [1.82, 2.24) is 0 Å². The predicted molar refractivity (Wildman–Crippen MR) is 157 cm³/mol. The summed E-state index contributed by atoms with van der Waals surface area (Å²) in [5.41, 5.74) is 2.70. The van der Waals surface area contributed by atoms with E-state index in [1.807, 2.05) is 60.7 Å². The summed E-state index contributed by atoms with van der Waals surface area (Å²) in [5, 5.41) is 5.89. The molecule has 0 atom stereocenters. The maximum Gasteiger partial charge on any atom is 0.135 e. The average molecular weight is 478 g/mol. The van der Waals surface area contributed by atoms with Crippen LogP contribution < -0.4 is 0 Å². The van der Waals surface area contributed by atoms with E-state index in [2.05, 4.69) is 30.3 Å². The molecule has 1 aromatic heterocycles. The molecule has 8 aromatic rings. The van der Waals surface area contributed by atoms with Crippen molar-refractivity contribution in [2.45, 2.75) is 0 Å². The Bertz CT molecular complexity index is 2470. The number of benzene rings is 7. The molecule has 7 aromatic carbocycles. The van der Waals surface area contributed by atoms with Crippen molar-refractivity contribution in [3.8, 4) is 22.3 Å². The highest BCUT2D eigenvalue weighted by atomic mass is 16.3. The zero-order valence-corrected chi connectivity index (χ0v) is 19.6. The van der Waals surface area contributed by atoms with Gasteiger partial charge in [0.05, 0.1) is 9.60 Å². The van der Waals surface area contributed by atoms with E-state index < -0.39 is 12.1 Å². The molecule has 0 saturated carbocycles. The Morgan fingerprint density at radius 2 is 1.05 bits per heavy atom. The van der Waals surface area contributed by atoms with Gasteiger partial charge < -0.3 is 4.42 Å². The van der Waals surface area contributed by atoms with Gasteiger partial charge in [0.1, 0.15) is 11.2 Å². The summed E-state index contributed by atoms with van der Waals surface area (Å²) in [6, 6.07) is 28.2. The van der Waals surface area contributed by atoms with Gasteiger partial charge in [-0.1, -0.05) is 109 Å². The smallest absolute Gasteiger partial charge is 0.135 e. The van der Waals surface area contributed by atoms with Crippen LogP contribution in [0.2, 0.25) is 0 Å². The van der Waals surface area contributed by atoms with Crippen molar-refractivity contribution in [2.75, 3.05) is 0 Å². The van der Waals surface area contributed by atoms with E-state index in [0.29, 0.717) is 5.56 Å². The number of hydrogen-bond acceptors (Lipinski definition) is 1. The van der Waals surface area contributed by atoms with Crippen molar-refractivity contribution in [1.29, 1.82) is 0 Å². The number of furan rings is 1. The molecule has 0 bridgehead atoms. The maximum atomic E-state index is 9.45. The molecule has 37 heavy (non-hydrogen) atoms. The maximum absolute atomic E-state index is 9.45. The minimum atomic E-state index is -0.452. The lowest BCUT2D eigenvalue weighted by Crippen LogP contribution is -1.91. The van der Waals surface area contributed by atoms with Crippen molar-refractivity contribution in [3.63, 3.8) is 0 Å². The van der Waals surface area contributed by atoms with E-state index in [4.69, 9.17) is 12.6 Å². The standard InChI is InChI=1S/C36H22O/c1-2-10-24-21-25(18-17-23(24)9-1)35-28-12-3-5-14-30(28)36(31-15-6-4-13-29(31)35)26-19-20-34-32(22-26)27-11-7-8-16-33(27)37-34/h1-22H/i7D,8D,11D,16D,19D,20D,22D. The molecule has 8 rings (SSSR count). The van der Waals surface area contributed by atoms with E-state index in [9.17, 15) is 1.37 Å². The molecule has 0 aliphatic carbocycles.